The third-order valence-electron chi connectivity index (χ3n) is 3.34. The molecule has 5 heteroatoms. The Morgan fingerprint density at radius 3 is 2.60 bits per heavy atom. The van der Waals surface area contributed by atoms with Gasteiger partial charge < -0.3 is 19.1 Å². The van der Waals surface area contributed by atoms with E-state index < -0.39 is 0 Å². The first-order valence-electron chi connectivity index (χ1n) is 6.95. The molecule has 0 bridgehead atoms. The fourth-order valence-corrected chi connectivity index (χ4v) is 2.31. The molecule has 5 nitrogen and oxygen atoms in total. The summed E-state index contributed by atoms with van der Waals surface area (Å²) in [6.07, 6.45) is 0.803. The maximum absolute atomic E-state index is 11.7. The van der Waals surface area contributed by atoms with Crippen LogP contribution in [0.15, 0.2) is 18.2 Å². The van der Waals surface area contributed by atoms with E-state index in [-0.39, 0.29) is 12.0 Å². The van der Waals surface area contributed by atoms with Gasteiger partial charge >= 0.3 is 5.97 Å². The fourth-order valence-electron chi connectivity index (χ4n) is 2.31. The Bertz CT molecular complexity index is 475. The minimum atomic E-state index is -0.226. The number of ether oxygens (including phenoxy) is 3. The average molecular weight is 279 g/mol. The van der Waals surface area contributed by atoms with Gasteiger partial charge in [0.25, 0.3) is 0 Å². The van der Waals surface area contributed by atoms with Crippen LogP contribution in [0.2, 0.25) is 0 Å². The van der Waals surface area contributed by atoms with Crippen molar-refractivity contribution in [1.29, 1.82) is 0 Å². The van der Waals surface area contributed by atoms with Crippen LogP contribution in [0.3, 0.4) is 0 Å². The maximum Gasteiger partial charge on any atom is 0.328 e. The summed E-state index contributed by atoms with van der Waals surface area (Å²) in [6.45, 7) is 5.88. The van der Waals surface area contributed by atoms with Gasteiger partial charge in [0.1, 0.15) is 17.5 Å². The van der Waals surface area contributed by atoms with Crippen LogP contribution in [0.1, 0.15) is 20.3 Å². The molecule has 1 fully saturated rings. The monoisotopic (exact) mass is 279 g/mol. The van der Waals surface area contributed by atoms with Crippen molar-refractivity contribution in [1.82, 2.24) is 0 Å². The zero-order valence-electron chi connectivity index (χ0n) is 12.2. The van der Waals surface area contributed by atoms with E-state index in [2.05, 4.69) is 0 Å². The van der Waals surface area contributed by atoms with Gasteiger partial charge in [-0.25, -0.2) is 4.79 Å². The van der Waals surface area contributed by atoms with E-state index in [1.165, 1.54) is 7.11 Å². The van der Waals surface area contributed by atoms with Crippen molar-refractivity contribution in [2.45, 2.75) is 26.3 Å². The van der Waals surface area contributed by atoms with Gasteiger partial charge in [-0.1, -0.05) is 0 Å². The first-order valence-corrected chi connectivity index (χ1v) is 6.95. The molecular formula is C15H21NO4. The van der Waals surface area contributed by atoms with Crippen LogP contribution >= 0.6 is 0 Å². The standard InChI is InChI=1S/C15H21NO4/c1-4-19-11-6-7-14(20-5-2)13(10-11)16-9-8-12(16)15(17)18-3/h6-7,10,12H,4-5,8-9H2,1-3H3. The lowest BCUT2D eigenvalue weighted by Gasteiger charge is -2.41. The molecule has 0 N–H and O–H groups in total. The molecule has 1 heterocycles. The SMILES string of the molecule is CCOc1ccc(OCC)c(N2CCC2C(=O)OC)c1. The van der Waals surface area contributed by atoms with Gasteiger partial charge in [0.15, 0.2) is 0 Å². The van der Waals surface area contributed by atoms with Crippen molar-refractivity contribution in [3.05, 3.63) is 18.2 Å². The zero-order valence-corrected chi connectivity index (χ0v) is 12.2. The van der Waals surface area contributed by atoms with Crippen LogP contribution in [-0.4, -0.2) is 38.9 Å². The van der Waals surface area contributed by atoms with Crippen molar-refractivity contribution < 1.29 is 19.0 Å². The van der Waals surface area contributed by atoms with E-state index in [0.717, 1.165) is 30.2 Å². The first kappa shape index (κ1) is 14.5. The zero-order chi connectivity index (χ0) is 14.5. The molecule has 1 aliphatic rings. The van der Waals surface area contributed by atoms with E-state index >= 15 is 0 Å². The number of nitrogens with zero attached hydrogens (tertiary/aromatic N) is 1. The van der Waals surface area contributed by atoms with Gasteiger partial charge in [-0.3, -0.25) is 0 Å². The molecule has 1 aliphatic heterocycles. The Morgan fingerprint density at radius 2 is 2.05 bits per heavy atom. The number of rotatable bonds is 6. The molecule has 20 heavy (non-hydrogen) atoms. The topological polar surface area (TPSA) is 48.0 Å². The van der Waals surface area contributed by atoms with Crippen LogP contribution in [0.25, 0.3) is 0 Å². The molecular weight excluding hydrogens is 258 g/mol. The molecule has 1 atom stereocenters. The molecule has 0 radical (unpaired) electrons. The van der Waals surface area contributed by atoms with Crippen LogP contribution in [0, 0.1) is 0 Å². The fraction of sp³-hybridized carbons (Fsp3) is 0.533. The normalized spacial score (nSPS) is 17.4. The molecule has 0 saturated carbocycles. The first-order chi connectivity index (χ1) is 9.71. The molecule has 0 aromatic heterocycles. The number of benzene rings is 1. The maximum atomic E-state index is 11.7. The molecule has 0 amide bonds. The summed E-state index contributed by atoms with van der Waals surface area (Å²) >= 11 is 0. The highest BCUT2D eigenvalue weighted by molar-refractivity contribution is 5.83. The minimum absolute atomic E-state index is 0.208. The second-order valence-electron chi connectivity index (χ2n) is 4.52. The van der Waals surface area contributed by atoms with Crippen molar-refractivity contribution in [3.8, 4) is 11.5 Å². The van der Waals surface area contributed by atoms with Gasteiger partial charge in [0.2, 0.25) is 0 Å². The molecule has 0 aliphatic carbocycles. The van der Waals surface area contributed by atoms with E-state index in [1.54, 1.807) is 0 Å². The van der Waals surface area contributed by atoms with E-state index in [9.17, 15) is 4.79 Å². The number of hydrogen-bond donors (Lipinski definition) is 0. The predicted octanol–water partition coefficient (Wildman–Crippen LogP) is 2.24. The minimum Gasteiger partial charge on any atom is -0.494 e. The summed E-state index contributed by atoms with van der Waals surface area (Å²) in [6, 6.07) is 5.46. The van der Waals surface area contributed by atoms with Crippen molar-refractivity contribution in [2.75, 3.05) is 31.8 Å². The van der Waals surface area contributed by atoms with Crippen molar-refractivity contribution >= 4 is 11.7 Å². The van der Waals surface area contributed by atoms with Crippen LogP contribution in [-0.2, 0) is 9.53 Å². The van der Waals surface area contributed by atoms with Crippen molar-refractivity contribution in [2.24, 2.45) is 0 Å². The predicted molar refractivity (Wildman–Crippen MR) is 76.5 cm³/mol. The molecule has 1 saturated heterocycles. The number of hydrogen-bond acceptors (Lipinski definition) is 5. The summed E-state index contributed by atoms with van der Waals surface area (Å²) in [5.41, 5.74) is 0.888. The Morgan fingerprint density at radius 1 is 1.30 bits per heavy atom. The average Bonchev–Trinajstić information content (AvgIpc) is 2.41. The van der Waals surface area contributed by atoms with E-state index in [1.807, 2.05) is 36.9 Å². The lowest BCUT2D eigenvalue weighted by Crippen LogP contribution is -2.53. The Kier molecular flexibility index (Phi) is 4.71. The summed E-state index contributed by atoms with van der Waals surface area (Å²) < 4.78 is 16.0. The number of anilines is 1. The highest BCUT2D eigenvalue weighted by Gasteiger charge is 2.36. The third-order valence-corrected chi connectivity index (χ3v) is 3.34. The largest absolute Gasteiger partial charge is 0.494 e. The lowest BCUT2D eigenvalue weighted by molar-refractivity contribution is -0.143. The number of carbonyl (C=O) groups is 1. The quantitative estimate of drug-likeness (QED) is 0.747. The van der Waals surface area contributed by atoms with Crippen LogP contribution in [0.5, 0.6) is 11.5 Å². The number of carbonyl (C=O) groups excluding carboxylic acids is 1. The molecule has 0 spiro atoms. The molecule has 110 valence electrons. The summed E-state index contributed by atoms with van der Waals surface area (Å²) in [7, 11) is 1.42. The van der Waals surface area contributed by atoms with Gasteiger partial charge in [-0.15, -0.1) is 0 Å². The smallest absolute Gasteiger partial charge is 0.328 e. The summed E-state index contributed by atoms with van der Waals surface area (Å²) in [5, 5.41) is 0. The van der Waals surface area contributed by atoms with Crippen molar-refractivity contribution in [3.63, 3.8) is 0 Å². The molecule has 2 rings (SSSR count). The van der Waals surface area contributed by atoms with Crippen LogP contribution < -0.4 is 14.4 Å². The summed E-state index contributed by atoms with van der Waals surface area (Å²) in [4.78, 5) is 13.7. The second kappa shape index (κ2) is 6.50. The molecule has 1 unspecified atom stereocenters. The van der Waals surface area contributed by atoms with E-state index in [4.69, 9.17) is 14.2 Å². The van der Waals surface area contributed by atoms with Gasteiger partial charge in [-0.2, -0.15) is 0 Å². The Labute approximate surface area is 119 Å². The number of esters is 1. The molecule has 1 aromatic carbocycles. The molecule has 1 aromatic rings. The second-order valence-corrected chi connectivity index (χ2v) is 4.52. The third kappa shape index (κ3) is 2.81. The summed E-state index contributed by atoms with van der Waals surface area (Å²) in [5.74, 6) is 1.34. The van der Waals surface area contributed by atoms with Gasteiger partial charge in [0.05, 0.1) is 26.0 Å². The Balaban J connectivity index is 2.27. The highest BCUT2D eigenvalue weighted by atomic mass is 16.5. The highest BCUT2D eigenvalue weighted by Crippen LogP contribution is 2.37. The number of methoxy groups -OCH3 is 1. The van der Waals surface area contributed by atoms with Crippen LogP contribution in [0.4, 0.5) is 5.69 Å². The lowest BCUT2D eigenvalue weighted by atomic mass is 10.0. The van der Waals surface area contributed by atoms with Gasteiger partial charge in [-0.05, 0) is 32.4 Å². The van der Waals surface area contributed by atoms with E-state index in [0.29, 0.717) is 13.2 Å². The van der Waals surface area contributed by atoms with Gasteiger partial charge in [0, 0.05) is 12.6 Å². The Hall–Kier alpha value is -1.91.